The molecule has 6 heteroatoms. The van der Waals surface area contributed by atoms with E-state index in [1.54, 1.807) is 23.1 Å². The van der Waals surface area contributed by atoms with E-state index in [2.05, 4.69) is 5.32 Å². The molecule has 1 unspecified atom stereocenters. The molecular formula is C15H18N2O4. The summed E-state index contributed by atoms with van der Waals surface area (Å²) in [5, 5.41) is 12.3. The van der Waals surface area contributed by atoms with Crippen molar-refractivity contribution in [2.45, 2.75) is 18.9 Å². The predicted molar refractivity (Wildman–Crippen MR) is 76.7 cm³/mol. The summed E-state index contributed by atoms with van der Waals surface area (Å²) in [5.41, 5.74) is 2.03. The number of nitrogens with zero attached hydrogens (tertiary/aromatic N) is 1. The molecule has 0 saturated carbocycles. The summed E-state index contributed by atoms with van der Waals surface area (Å²) >= 11 is 0. The summed E-state index contributed by atoms with van der Waals surface area (Å²) < 4.78 is 5.36. The van der Waals surface area contributed by atoms with Gasteiger partial charge in [0.15, 0.2) is 0 Å². The third kappa shape index (κ3) is 2.91. The molecule has 2 aliphatic heterocycles. The number of fused-ring (bicyclic) bond motifs is 1. The number of ether oxygens (including phenoxy) is 1. The minimum absolute atomic E-state index is 0.0554. The molecule has 21 heavy (non-hydrogen) atoms. The quantitative estimate of drug-likeness (QED) is 0.854. The fraction of sp³-hybridized carbons (Fsp3) is 0.467. The highest BCUT2D eigenvalue weighted by Crippen LogP contribution is 2.29. The largest absolute Gasteiger partial charge is 0.478 e. The first-order valence-electron chi connectivity index (χ1n) is 7.13. The zero-order valence-corrected chi connectivity index (χ0v) is 11.7. The van der Waals surface area contributed by atoms with Gasteiger partial charge in [0.2, 0.25) is 5.91 Å². The summed E-state index contributed by atoms with van der Waals surface area (Å²) in [6.07, 6.45) is 1.11. The molecule has 0 spiro atoms. The number of rotatable bonds is 3. The summed E-state index contributed by atoms with van der Waals surface area (Å²) in [6, 6.07) is 5.00. The third-order valence-corrected chi connectivity index (χ3v) is 3.94. The first kappa shape index (κ1) is 14.0. The molecule has 1 saturated heterocycles. The number of morpholine rings is 1. The van der Waals surface area contributed by atoms with Crippen LogP contribution in [-0.2, 0) is 16.0 Å². The minimum Gasteiger partial charge on any atom is -0.478 e. The molecular weight excluding hydrogens is 272 g/mol. The van der Waals surface area contributed by atoms with Crippen LogP contribution in [0.5, 0.6) is 0 Å². The van der Waals surface area contributed by atoms with Crippen molar-refractivity contribution in [1.29, 1.82) is 0 Å². The Morgan fingerprint density at radius 1 is 1.43 bits per heavy atom. The molecule has 0 bridgehead atoms. The van der Waals surface area contributed by atoms with Gasteiger partial charge in [-0.2, -0.15) is 0 Å². The summed E-state index contributed by atoms with van der Waals surface area (Å²) in [6.45, 7) is 2.64. The number of nitrogens with one attached hydrogen (secondary N) is 1. The highest BCUT2D eigenvalue weighted by atomic mass is 16.5. The van der Waals surface area contributed by atoms with Gasteiger partial charge in [-0.15, -0.1) is 0 Å². The molecule has 1 amide bonds. The van der Waals surface area contributed by atoms with Crippen LogP contribution >= 0.6 is 0 Å². The van der Waals surface area contributed by atoms with Crippen LogP contribution in [0.2, 0.25) is 0 Å². The van der Waals surface area contributed by atoms with Gasteiger partial charge in [0.1, 0.15) is 0 Å². The van der Waals surface area contributed by atoms with Crippen LogP contribution in [0.4, 0.5) is 5.69 Å². The highest BCUT2D eigenvalue weighted by Gasteiger charge is 2.27. The second kappa shape index (κ2) is 5.83. The number of benzene rings is 1. The smallest absolute Gasteiger partial charge is 0.335 e. The number of hydrogen-bond acceptors (Lipinski definition) is 4. The second-order valence-corrected chi connectivity index (χ2v) is 5.37. The fourth-order valence-electron chi connectivity index (χ4n) is 2.87. The topological polar surface area (TPSA) is 78.9 Å². The van der Waals surface area contributed by atoms with Gasteiger partial charge in [-0.05, 0) is 30.2 Å². The molecule has 112 valence electrons. The zero-order valence-electron chi connectivity index (χ0n) is 11.7. The Hall–Kier alpha value is -1.92. The van der Waals surface area contributed by atoms with Crippen molar-refractivity contribution >= 4 is 17.6 Å². The Morgan fingerprint density at radius 3 is 3.00 bits per heavy atom. The van der Waals surface area contributed by atoms with Crippen molar-refractivity contribution in [3.05, 3.63) is 29.3 Å². The first-order valence-corrected chi connectivity index (χ1v) is 7.13. The van der Waals surface area contributed by atoms with Gasteiger partial charge < -0.3 is 20.1 Å². The van der Waals surface area contributed by atoms with Crippen molar-refractivity contribution in [1.82, 2.24) is 5.32 Å². The number of hydrogen-bond donors (Lipinski definition) is 2. The molecule has 1 aromatic rings. The lowest BCUT2D eigenvalue weighted by molar-refractivity contribution is -0.119. The lowest BCUT2D eigenvalue weighted by atomic mass is 10.1. The van der Waals surface area contributed by atoms with Crippen LogP contribution in [0.3, 0.4) is 0 Å². The van der Waals surface area contributed by atoms with E-state index >= 15 is 0 Å². The predicted octanol–water partition coefficient (Wildman–Crippen LogP) is 0.652. The van der Waals surface area contributed by atoms with Crippen LogP contribution < -0.4 is 10.2 Å². The molecule has 1 aromatic carbocycles. The molecule has 1 fully saturated rings. The summed E-state index contributed by atoms with van der Waals surface area (Å²) in [4.78, 5) is 25.1. The normalized spacial score (nSPS) is 21.1. The molecule has 0 radical (unpaired) electrons. The second-order valence-electron chi connectivity index (χ2n) is 5.37. The first-order chi connectivity index (χ1) is 10.1. The van der Waals surface area contributed by atoms with Crippen molar-refractivity contribution in [2.24, 2.45) is 0 Å². The Kier molecular flexibility index (Phi) is 3.90. The average molecular weight is 290 g/mol. The molecule has 2 aliphatic rings. The maximum absolute atomic E-state index is 12.4. The minimum atomic E-state index is -0.939. The number of anilines is 1. The number of amides is 1. The van der Waals surface area contributed by atoms with E-state index < -0.39 is 5.97 Å². The number of aromatic carboxylic acids is 1. The highest BCUT2D eigenvalue weighted by molar-refractivity contribution is 5.97. The van der Waals surface area contributed by atoms with E-state index in [0.717, 1.165) is 17.8 Å². The molecule has 6 nitrogen and oxygen atoms in total. The molecule has 0 aromatic heterocycles. The standard InChI is InChI=1S/C15H18N2O4/c18-14(8-12-9-21-6-4-16-12)17-5-3-10-7-11(15(19)20)1-2-13(10)17/h1-2,7,12,16H,3-6,8-9H2,(H,19,20). The van der Waals surface area contributed by atoms with E-state index in [9.17, 15) is 9.59 Å². The SMILES string of the molecule is O=C(O)c1ccc2c(c1)CCN2C(=O)CC1COCCN1. The molecule has 1 atom stereocenters. The molecule has 2 heterocycles. The van der Waals surface area contributed by atoms with Crippen LogP contribution in [0.25, 0.3) is 0 Å². The van der Waals surface area contributed by atoms with E-state index in [1.807, 2.05) is 0 Å². The summed E-state index contributed by atoms with van der Waals surface area (Å²) in [7, 11) is 0. The van der Waals surface area contributed by atoms with Crippen LogP contribution in [-0.4, -0.2) is 49.3 Å². The van der Waals surface area contributed by atoms with Gasteiger partial charge in [0, 0.05) is 31.2 Å². The van der Waals surface area contributed by atoms with E-state index in [4.69, 9.17) is 9.84 Å². The van der Waals surface area contributed by atoms with Gasteiger partial charge in [-0.3, -0.25) is 4.79 Å². The summed E-state index contributed by atoms with van der Waals surface area (Å²) in [5.74, 6) is -0.883. The number of carbonyl (C=O) groups is 2. The van der Waals surface area contributed by atoms with Crippen LogP contribution in [0, 0.1) is 0 Å². The molecule has 0 aliphatic carbocycles. The Morgan fingerprint density at radius 2 is 2.29 bits per heavy atom. The lowest BCUT2D eigenvalue weighted by Crippen LogP contribution is -2.45. The van der Waals surface area contributed by atoms with Crippen LogP contribution in [0.1, 0.15) is 22.3 Å². The van der Waals surface area contributed by atoms with Crippen LogP contribution in [0.15, 0.2) is 18.2 Å². The van der Waals surface area contributed by atoms with E-state index in [-0.39, 0.29) is 17.5 Å². The van der Waals surface area contributed by atoms with Gasteiger partial charge in [0.25, 0.3) is 0 Å². The fourth-order valence-corrected chi connectivity index (χ4v) is 2.87. The number of carbonyl (C=O) groups excluding carboxylic acids is 1. The van der Waals surface area contributed by atoms with Crippen molar-refractivity contribution in [3.63, 3.8) is 0 Å². The van der Waals surface area contributed by atoms with Gasteiger partial charge in [0.05, 0.1) is 18.8 Å². The van der Waals surface area contributed by atoms with Crippen molar-refractivity contribution in [2.75, 3.05) is 31.2 Å². The average Bonchev–Trinajstić information content (AvgIpc) is 2.91. The monoisotopic (exact) mass is 290 g/mol. The van der Waals surface area contributed by atoms with Crippen molar-refractivity contribution < 1.29 is 19.4 Å². The molecule has 3 rings (SSSR count). The molecule has 2 N–H and O–H groups in total. The number of carboxylic acids is 1. The number of carboxylic acid groups (broad SMARTS) is 1. The maximum atomic E-state index is 12.4. The lowest BCUT2D eigenvalue weighted by Gasteiger charge is -2.25. The van der Waals surface area contributed by atoms with Gasteiger partial charge >= 0.3 is 5.97 Å². The Bertz CT molecular complexity index is 567. The van der Waals surface area contributed by atoms with E-state index in [0.29, 0.717) is 32.6 Å². The zero-order chi connectivity index (χ0) is 14.8. The van der Waals surface area contributed by atoms with Crippen molar-refractivity contribution in [3.8, 4) is 0 Å². The van der Waals surface area contributed by atoms with Gasteiger partial charge in [-0.25, -0.2) is 4.79 Å². The maximum Gasteiger partial charge on any atom is 0.335 e. The Labute approximate surface area is 122 Å². The Balaban J connectivity index is 1.71. The van der Waals surface area contributed by atoms with E-state index in [1.165, 1.54) is 0 Å². The third-order valence-electron chi connectivity index (χ3n) is 3.94. The van der Waals surface area contributed by atoms with Gasteiger partial charge in [-0.1, -0.05) is 0 Å².